The minimum atomic E-state index is -0.111. The fraction of sp³-hybridized carbons (Fsp3) is 0.375. The van der Waals surface area contributed by atoms with E-state index < -0.39 is 0 Å². The van der Waals surface area contributed by atoms with Crippen LogP contribution in [0.4, 0.5) is 0 Å². The Kier molecular flexibility index (Phi) is 3.08. The van der Waals surface area contributed by atoms with Gasteiger partial charge in [-0.05, 0) is 36.8 Å². The number of hydrogen-bond acceptors (Lipinski definition) is 2. The first kappa shape index (κ1) is 12.9. The third-order valence-electron chi connectivity index (χ3n) is 4.03. The smallest absolute Gasteiger partial charge is 0.270 e. The Hall–Kier alpha value is -2.10. The molecule has 2 aromatic rings. The molecule has 1 saturated carbocycles. The van der Waals surface area contributed by atoms with Crippen molar-refractivity contribution in [1.82, 2.24) is 9.47 Å². The molecule has 0 N–H and O–H groups in total. The Morgan fingerprint density at radius 3 is 2.55 bits per heavy atom. The fourth-order valence-electron chi connectivity index (χ4n) is 2.67. The number of carbonyl (C=O) groups is 1. The van der Waals surface area contributed by atoms with Crippen LogP contribution in [0.5, 0.6) is 0 Å². The molecular weight excluding hydrogens is 252 g/mol. The van der Waals surface area contributed by atoms with Gasteiger partial charge in [0.1, 0.15) is 5.69 Å². The molecule has 0 spiro atoms. The summed E-state index contributed by atoms with van der Waals surface area (Å²) >= 11 is 0. The predicted molar refractivity (Wildman–Crippen MR) is 79.1 cm³/mol. The van der Waals surface area contributed by atoms with Gasteiger partial charge in [0.25, 0.3) is 11.5 Å². The van der Waals surface area contributed by atoms with E-state index in [0.717, 1.165) is 24.6 Å². The summed E-state index contributed by atoms with van der Waals surface area (Å²) in [6, 6.07) is 9.48. The lowest BCUT2D eigenvalue weighted by Gasteiger charge is -2.30. The van der Waals surface area contributed by atoms with Crippen molar-refractivity contribution in [2.75, 3.05) is 14.1 Å². The molecule has 0 saturated heterocycles. The topological polar surface area (TPSA) is 42.3 Å². The molecule has 0 bridgehead atoms. The Morgan fingerprint density at radius 1 is 1.25 bits per heavy atom. The third-order valence-corrected chi connectivity index (χ3v) is 4.03. The van der Waals surface area contributed by atoms with Crippen LogP contribution in [0.1, 0.15) is 35.8 Å². The van der Waals surface area contributed by atoms with Gasteiger partial charge in [0.15, 0.2) is 0 Å². The molecule has 0 atom stereocenters. The zero-order chi connectivity index (χ0) is 14.3. The van der Waals surface area contributed by atoms with Gasteiger partial charge in [-0.2, -0.15) is 0 Å². The van der Waals surface area contributed by atoms with Crippen LogP contribution in [0.3, 0.4) is 0 Å². The molecule has 104 valence electrons. The maximum atomic E-state index is 12.7. The van der Waals surface area contributed by atoms with Crippen molar-refractivity contribution in [2.24, 2.45) is 0 Å². The third kappa shape index (κ3) is 1.92. The van der Waals surface area contributed by atoms with Crippen LogP contribution < -0.4 is 5.56 Å². The average molecular weight is 270 g/mol. The Morgan fingerprint density at radius 2 is 1.95 bits per heavy atom. The first-order valence-electron chi connectivity index (χ1n) is 6.95. The highest BCUT2D eigenvalue weighted by Gasteiger charge is 2.26. The number of carbonyl (C=O) groups excluding carboxylic acids is 1. The second-order valence-electron chi connectivity index (χ2n) is 5.58. The molecular formula is C16H18N2O2. The fourth-order valence-corrected chi connectivity index (χ4v) is 2.67. The predicted octanol–water partition coefficient (Wildman–Crippen LogP) is 2.43. The SMILES string of the molecule is CN(C)C(=O)c1cc2ccccc2c(=O)n1C1CCC1. The van der Waals surface area contributed by atoms with Crippen LogP contribution >= 0.6 is 0 Å². The lowest BCUT2D eigenvalue weighted by molar-refractivity contribution is 0.0809. The number of benzene rings is 1. The summed E-state index contributed by atoms with van der Waals surface area (Å²) in [6.45, 7) is 0. The number of fused-ring (bicyclic) bond motifs is 1. The summed E-state index contributed by atoms with van der Waals surface area (Å²) in [4.78, 5) is 26.6. The van der Waals surface area contributed by atoms with E-state index in [1.165, 1.54) is 4.90 Å². The summed E-state index contributed by atoms with van der Waals surface area (Å²) in [6.07, 6.45) is 3.08. The lowest BCUT2D eigenvalue weighted by Crippen LogP contribution is -2.36. The molecule has 4 nitrogen and oxygen atoms in total. The van der Waals surface area contributed by atoms with Crippen molar-refractivity contribution >= 4 is 16.7 Å². The van der Waals surface area contributed by atoms with Crippen molar-refractivity contribution in [2.45, 2.75) is 25.3 Å². The number of rotatable bonds is 2. The minimum absolute atomic E-state index is 0.0435. The highest BCUT2D eigenvalue weighted by molar-refractivity contribution is 5.96. The summed E-state index contributed by atoms with van der Waals surface area (Å²) in [5.41, 5.74) is 0.460. The average Bonchev–Trinajstić information content (AvgIpc) is 2.38. The number of amides is 1. The maximum absolute atomic E-state index is 12.7. The van der Waals surface area contributed by atoms with Crippen molar-refractivity contribution in [3.05, 3.63) is 46.4 Å². The highest BCUT2D eigenvalue weighted by atomic mass is 16.2. The number of hydrogen-bond donors (Lipinski definition) is 0. The highest BCUT2D eigenvalue weighted by Crippen LogP contribution is 2.32. The Labute approximate surface area is 117 Å². The first-order chi connectivity index (χ1) is 9.59. The molecule has 1 aliphatic carbocycles. The molecule has 4 heteroatoms. The van der Waals surface area contributed by atoms with E-state index in [1.54, 1.807) is 18.7 Å². The molecule has 1 aromatic carbocycles. The zero-order valence-electron chi connectivity index (χ0n) is 11.8. The van der Waals surface area contributed by atoms with Gasteiger partial charge >= 0.3 is 0 Å². The van der Waals surface area contributed by atoms with Gasteiger partial charge in [-0.15, -0.1) is 0 Å². The van der Waals surface area contributed by atoms with Gasteiger partial charge in [-0.25, -0.2) is 0 Å². The standard InChI is InChI=1S/C16H18N2O2/c1-17(2)16(20)14-10-11-6-3-4-9-13(11)15(19)18(14)12-7-5-8-12/h3-4,6,9-10,12H,5,7-8H2,1-2H3. The number of nitrogens with zero attached hydrogens (tertiary/aromatic N) is 2. The molecule has 1 aromatic heterocycles. The quantitative estimate of drug-likeness (QED) is 0.841. The van der Waals surface area contributed by atoms with Crippen molar-refractivity contribution in [3.8, 4) is 0 Å². The second-order valence-corrected chi connectivity index (χ2v) is 5.58. The van der Waals surface area contributed by atoms with Gasteiger partial charge in [0.2, 0.25) is 0 Å². The van der Waals surface area contributed by atoms with E-state index in [2.05, 4.69) is 0 Å². The zero-order valence-corrected chi connectivity index (χ0v) is 11.8. The Bertz CT molecular complexity index is 727. The molecule has 1 heterocycles. The largest absolute Gasteiger partial charge is 0.343 e. The summed E-state index contributed by atoms with van der Waals surface area (Å²) in [7, 11) is 3.43. The van der Waals surface area contributed by atoms with E-state index in [0.29, 0.717) is 11.1 Å². The van der Waals surface area contributed by atoms with Crippen molar-refractivity contribution in [1.29, 1.82) is 0 Å². The van der Waals surface area contributed by atoms with Crippen LogP contribution in [0.15, 0.2) is 35.1 Å². The Balaban J connectivity index is 2.30. The maximum Gasteiger partial charge on any atom is 0.270 e. The van der Waals surface area contributed by atoms with Crippen LogP contribution in [0.25, 0.3) is 10.8 Å². The van der Waals surface area contributed by atoms with E-state index in [1.807, 2.05) is 30.3 Å². The van der Waals surface area contributed by atoms with Gasteiger partial charge in [0, 0.05) is 25.5 Å². The normalized spacial score (nSPS) is 15.1. The molecule has 1 fully saturated rings. The van der Waals surface area contributed by atoms with Crippen LogP contribution in [0, 0.1) is 0 Å². The van der Waals surface area contributed by atoms with E-state index >= 15 is 0 Å². The summed E-state index contributed by atoms with van der Waals surface area (Å²) in [5.74, 6) is -0.111. The van der Waals surface area contributed by atoms with E-state index in [-0.39, 0.29) is 17.5 Å². The number of pyridine rings is 1. The van der Waals surface area contributed by atoms with Crippen molar-refractivity contribution in [3.63, 3.8) is 0 Å². The molecule has 1 amide bonds. The van der Waals surface area contributed by atoms with Crippen LogP contribution in [0.2, 0.25) is 0 Å². The molecule has 3 rings (SSSR count). The second kappa shape index (κ2) is 4.78. The molecule has 0 radical (unpaired) electrons. The lowest BCUT2D eigenvalue weighted by atomic mass is 9.92. The van der Waals surface area contributed by atoms with Crippen molar-refractivity contribution < 1.29 is 4.79 Å². The van der Waals surface area contributed by atoms with Gasteiger partial charge < -0.3 is 9.47 Å². The van der Waals surface area contributed by atoms with Gasteiger partial charge in [0.05, 0.1) is 0 Å². The first-order valence-corrected chi connectivity index (χ1v) is 6.95. The number of aromatic nitrogens is 1. The molecule has 1 aliphatic rings. The van der Waals surface area contributed by atoms with Crippen LogP contribution in [-0.2, 0) is 0 Å². The van der Waals surface area contributed by atoms with E-state index in [9.17, 15) is 9.59 Å². The summed E-state index contributed by atoms with van der Waals surface area (Å²) < 4.78 is 1.70. The van der Waals surface area contributed by atoms with Gasteiger partial charge in [-0.3, -0.25) is 9.59 Å². The molecule has 20 heavy (non-hydrogen) atoms. The monoisotopic (exact) mass is 270 g/mol. The van der Waals surface area contributed by atoms with E-state index in [4.69, 9.17) is 0 Å². The molecule has 0 unspecified atom stereocenters. The van der Waals surface area contributed by atoms with Crippen LogP contribution in [-0.4, -0.2) is 29.5 Å². The summed E-state index contributed by atoms with van der Waals surface area (Å²) in [5, 5.41) is 1.52. The minimum Gasteiger partial charge on any atom is -0.343 e. The molecule has 0 aliphatic heterocycles. The van der Waals surface area contributed by atoms with Gasteiger partial charge in [-0.1, -0.05) is 18.2 Å².